The molecule has 0 radical (unpaired) electrons. The van der Waals surface area contributed by atoms with Gasteiger partial charge in [-0.2, -0.15) is 0 Å². The Balaban J connectivity index is 1.77. The molecular formula is C18H20N2O2S. The highest BCUT2D eigenvalue weighted by molar-refractivity contribution is 7.12. The van der Waals surface area contributed by atoms with Crippen molar-refractivity contribution in [1.29, 1.82) is 0 Å². The number of rotatable bonds is 4. The first-order valence-corrected chi connectivity index (χ1v) is 8.77. The Bertz CT molecular complexity index is 689. The molecule has 1 aliphatic rings. The van der Waals surface area contributed by atoms with Gasteiger partial charge in [-0.05, 0) is 43.2 Å². The number of nitrogens with one attached hydrogen (secondary N) is 1. The van der Waals surface area contributed by atoms with E-state index >= 15 is 0 Å². The fourth-order valence-corrected chi connectivity index (χ4v) is 3.62. The molecule has 5 heteroatoms. The van der Waals surface area contributed by atoms with Crippen LogP contribution < -0.4 is 11.1 Å². The molecule has 0 atom stereocenters. The maximum atomic E-state index is 12.6. The third-order valence-electron chi connectivity index (χ3n) is 4.27. The van der Waals surface area contributed by atoms with E-state index in [1.807, 2.05) is 11.4 Å². The normalized spacial score (nSPS) is 20.9. The molecule has 1 aliphatic carbocycles. The third kappa shape index (κ3) is 3.68. The van der Waals surface area contributed by atoms with Crippen LogP contribution in [0.3, 0.4) is 0 Å². The molecule has 1 amide bonds. The summed E-state index contributed by atoms with van der Waals surface area (Å²) in [6.45, 7) is 0. The third-order valence-corrected chi connectivity index (χ3v) is 5.14. The van der Waals surface area contributed by atoms with Gasteiger partial charge in [-0.25, -0.2) is 0 Å². The number of ketones is 1. The Labute approximate surface area is 139 Å². The molecule has 0 spiro atoms. The fourth-order valence-electron chi connectivity index (χ4n) is 2.95. The molecule has 1 aromatic carbocycles. The van der Waals surface area contributed by atoms with E-state index in [9.17, 15) is 9.59 Å². The zero-order chi connectivity index (χ0) is 16.2. The minimum absolute atomic E-state index is 0.101. The predicted octanol–water partition coefficient (Wildman–Crippen LogP) is 2.98. The van der Waals surface area contributed by atoms with Gasteiger partial charge in [0.05, 0.1) is 10.4 Å². The van der Waals surface area contributed by atoms with E-state index in [-0.39, 0.29) is 23.8 Å². The van der Waals surface area contributed by atoms with Crippen LogP contribution in [0, 0.1) is 0 Å². The molecule has 2 aromatic rings. The lowest BCUT2D eigenvalue weighted by Gasteiger charge is -2.27. The number of nitrogens with two attached hydrogens (primary N) is 1. The number of hydrogen-bond acceptors (Lipinski definition) is 4. The summed E-state index contributed by atoms with van der Waals surface area (Å²) >= 11 is 1.39. The van der Waals surface area contributed by atoms with Gasteiger partial charge in [-0.3, -0.25) is 9.59 Å². The van der Waals surface area contributed by atoms with E-state index in [4.69, 9.17) is 5.73 Å². The van der Waals surface area contributed by atoms with Crippen molar-refractivity contribution in [3.8, 4) is 0 Å². The van der Waals surface area contributed by atoms with Gasteiger partial charge in [0, 0.05) is 17.6 Å². The quantitative estimate of drug-likeness (QED) is 0.848. The lowest BCUT2D eigenvalue weighted by Crippen LogP contribution is -2.40. The summed E-state index contributed by atoms with van der Waals surface area (Å²) in [6.07, 6.45) is 3.66. The average Bonchev–Trinajstić information content (AvgIpc) is 3.11. The molecule has 0 bridgehead atoms. The highest BCUT2D eigenvalue weighted by atomic mass is 32.1. The minimum atomic E-state index is -0.175. The Morgan fingerprint density at radius 2 is 1.70 bits per heavy atom. The Kier molecular flexibility index (Phi) is 4.88. The summed E-state index contributed by atoms with van der Waals surface area (Å²) in [6, 6.07) is 11.0. The van der Waals surface area contributed by atoms with Gasteiger partial charge in [-0.1, -0.05) is 24.3 Å². The van der Waals surface area contributed by atoms with Crippen LogP contribution in [0.15, 0.2) is 41.8 Å². The Morgan fingerprint density at radius 1 is 1.00 bits per heavy atom. The van der Waals surface area contributed by atoms with Crippen LogP contribution >= 0.6 is 11.3 Å². The number of thiophene rings is 1. The lowest BCUT2D eigenvalue weighted by atomic mass is 9.91. The first-order chi connectivity index (χ1) is 11.1. The van der Waals surface area contributed by atoms with E-state index in [1.165, 1.54) is 11.3 Å². The second kappa shape index (κ2) is 7.06. The number of benzene rings is 1. The largest absolute Gasteiger partial charge is 0.349 e. The van der Waals surface area contributed by atoms with Crippen LogP contribution in [0.25, 0.3) is 0 Å². The summed E-state index contributed by atoms with van der Waals surface area (Å²) in [5.41, 5.74) is 6.80. The van der Waals surface area contributed by atoms with Crippen LogP contribution in [0.2, 0.25) is 0 Å². The van der Waals surface area contributed by atoms with Gasteiger partial charge in [-0.15, -0.1) is 11.3 Å². The van der Waals surface area contributed by atoms with Crippen molar-refractivity contribution in [2.45, 2.75) is 37.8 Å². The van der Waals surface area contributed by atoms with E-state index in [0.29, 0.717) is 16.0 Å². The monoisotopic (exact) mass is 328 g/mol. The second-order valence-corrected chi connectivity index (χ2v) is 6.88. The highest BCUT2D eigenvalue weighted by Crippen LogP contribution is 2.20. The van der Waals surface area contributed by atoms with Gasteiger partial charge < -0.3 is 11.1 Å². The zero-order valence-corrected chi connectivity index (χ0v) is 13.6. The smallest absolute Gasteiger partial charge is 0.252 e. The maximum Gasteiger partial charge on any atom is 0.252 e. The summed E-state index contributed by atoms with van der Waals surface area (Å²) in [5, 5.41) is 4.92. The number of carbonyl (C=O) groups is 2. The Hall–Kier alpha value is -1.98. The molecule has 3 N–H and O–H groups in total. The van der Waals surface area contributed by atoms with Crippen LogP contribution in [-0.4, -0.2) is 23.8 Å². The van der Waals surface area contributed by atoms with E-state index in [0.717, 1.165) is 25.7 Å². The van der Waals surface area contributed by atoms with Gasteiger partial charge >= 0.3 is 0 Å². The molecule has 0 aliphatic heterocycles. The predicted molar refractivity (Wildman–Crippen MR) is 91.9 cm³/mol. The van der Waals surface area contributed by atoms with Crippen LogP contribution in [0.5, 0.6) is 0 Å². The first kappa shape index (κ1) is 15.9. The summed E-state index contributed by atoms with van der Waals surface area (Å²) in [4.78, 5) is 25.8. The molecule has 1 heterocycles. The molecule has 1 aromatic heterocycles. The summed E-state index contributed by atoms with van der Waals surface area (Å²) < 4.78 is 0. The second-order valence-electron chi connectivity index (χ2n) is 5.94. The number of carbonyl (C=O) groups excluding carboxylic acids is 2. The zero-order valence-electron chi connectivity index (χ0n) is 12.8. The maximum absolute atomic E-state index is 12.6. The van der Waals surface area contributed by atoms with E-state index in [1.54, 1.807) is 30.3 Å². The molecule has 0 unspecified atom stereocenters. The minimum Gasteiger partial charge on any atom is -0.349 e. The number of amides is 1. The van der Waals surface area contributed by atoms with Crippen molar-refractivity contribution >= 4 is 23.0 Å². The molecule has 0 saturated heterocycles. The molecule has 3 rings (SSSR count). The molecule has 1 saturated carbocycles. The van der Waals surface area contributed by atoms with Crippen molar-refractivity contribution in [1.82, 2.24) is 5.32 Å². The van der Waals surface area contributed by atoms with Gasteiger partial charge in [0.1, 0.15) is 0 Å². The van der Waals surface area contributed by atoms with Crippen molar-refractivity contribution < 1.29 is 9.59 Å². The highest BCUT2D eigenvalue weighted by Gasteiger charge is 2.23. The standard InChI is InChI=1S/C18H20N2O2S/c19-12-7-9-13(10-8-12)20-18(22)15-5-2-1-4-14(15)17(21)16-6-3-11-23-16/h1-6,11-13H,7-10,19H2,(H,20,22). The summed E-state index contributed by atoms with van der Waals surface area (Å²) in [5.74, 6) is -0.276. The van der Waals surface area contributed by atoms with Crippen molar-refractivity contribution in [3.63, 3.8) is 0 Å². The average molecular weight is 328 g/mol. The van der Waals surface area contributed by atoms with Crippen LogP contribution in [-0.2, 0) is 0 Å². The molecule has 23 heavy (non-hydrogen) atoms. The van der Waals surface area contributed by atoms with Crippen molar-refractivity contribution in [3.05, 3.63) is 57.8 Å². The topological polar surface area (TPSA) is 72.2 Å². The van der Waals surface area contributed by atoms with Gasteiger partial charge in [0.2, 0.25) is 5.78 Å². The fraction of sp³-hybridized carbons (Fsp3) is 0.333. The SMILES string of the molecule is NC1CCC(NC(=O)c2ccccc2C(=O)c2cccs2)CC1. The van der Waals surface area contributed by atoms with Gasteiger partial charge in [0.15, 0.2) is 0 Å². The van der Waals surface area contributed by atoms with E-state index < -0.39 is 0 Å². The first-order valence-electron chi connectivity index (χ1n) is 7.89. The Morgan fingerprint density at radius 3 is 2.35 bits per heavy atom. The van der Waals surface area contributed by atoms with Crippen LogP contribution in [0.1, 0.15) is 51.3 Å². The molecule has 4 nitrogen and oxygen atoms in total. The summed E-state index contributed by atoms with van der Waals surface area (Å²) in [7, 11) is 0. The number of hydrogen-bond donors (Lipinski definition) is 2. The van der Waals surface area contributed by atoms with E-state index in [2.05, 4.69) is 5.32 Å². The van der Waals surface area contributed by atoms with Crippen molar-refractivity contribution in [2.75, 3.05) is 0 Å². The van der Waals surface area contributed by atoms with Gasteiger partial charge in [0.25, 0.3) is 5.91 Å². The van der Waals surface area contributed by atoms with Crippen molar-refractivity contribution in [2.24, 2.45) is 5.73 Å². The lowest BCUT2D eigenvalue weighted by molar-refractivity contribution is 0.0917. The van der Waals surface area contributed by atoms with Crippen LogP contribution in [0.4, 0.5) is 0 Å². The molecule has 120 valence electrons. The molecule has 1 fully saturated rings. The molecular weight excluding hydrogens is 308 g/mol.